The highest BCUT2D eigenvalue weighted by Gasteiger charge is 2.20. The number of carbonyl (C=O) groups is 2. The molecule has 0 heterocycles. The van der Waals surface area contributed by atoms with E-state index in [-0.39, 0.29) is 12.2 Å². The van der Waals surface area contributed by atoms with Crippen molar-refractivity contribution in [3.63, 3.8) is 0 Å². The maximum Gasteiger partial charge on any atom is 0.308 e. The van der Waals surface area contributed by atoms with Crippen molar-refractivity contribution in [2.24, 2.45) is 5.73 Å². The van der Waals surface area contributed by atoms with E-state index in [2.05, 4.69) is 0 Å². The van der Waals surface area contributed by atoms with Gasteiger partial charge in [0.15, 0.2) is 0 Å². The minimum Gasteiger partial charge on any atom is -0.460 e. The second kappa shape index (κ2) is 4.37. The number of Topliss-reactive ketones (excluding diaryl/α,β-unsaturated/α-hetero) is 1. The van der Waals surface area contributed by atoms with Crippen LogP contribution in [0.4, 0.5) is 0 Å². The Kier molecular flexibility index (Phi) is 4.07. The first kappa shape index (κ1) is 12.1. The lowest BCUT2D eigenvalue weighted by atomic mass is 10.1. The number of rotatable bonds is 3. The molecule has 13 heavy (non-hydrogen) atoms. The van der Waals surface area contributed by atoms with E-state index in [1.807, 2.05) is 0 Å². The molecule has 0 saturated heterocycles. The molecule has 0 bridgehead atoms. The Balaban J connectivity index is 3.96. The molecule has 4 nitrogen and oxygen atoms in total. The Morgan fingerprint density at radius 2 is 1.85 bits per heavy atom. The van der Waals surface area contributed by atoms with Crippen LogP contribution in [-0.4, -0.2) is 23.4 Å². The molecule has 0 radical (unpaired) electrons. The monoisotopic (exact) mass is 187 g/mol. The Hall–Kier alpha value is -0.900. The van der Waals surface area contributed by atoms with Crippen LogP contribution in [-0.2, 0) is 14.3 Å². The van der Waals surface area contributed by atoms with Gasteiger partial charge in [0.1, 0.15) is 11.4 Å². The van der Waals surface area contributed by atoms with Gasteiger partial charge in [-0.1, -0.05) is 0 Å². The van der Waals surface area contributed by atoms with Crippen molar-refractivity contribution in [3.8, 4) is 0 Å². The first-order chi connectivity index (χ1) is 5.72. The molecule has 0 aromatic heterocycles. The molecule has 76 valence electrons. The first-order valence-corrected chi connectivity index (χ1v) is 4.20. The van der Waals surface area contributed by atoms with E-state index in [0.717, 1.165) is 0 Å². The lowest BCUT2D eigenvalue weighted by Crippen LogP contribution is -2.34. The Labute approximate surface area is 78.4 Å². The van der Waals surface area contributed by atoms with Gasteiger partial charge in [0.05, 0.1) is 12.5 Å². The van der Waals surface area contributed by atoms with Crippen molar-refractivity contribution in [1.29, 1.82) is 0 Å². The van der Waals surface area contributed by atoms with Crippen LogP contribution in [0.15, 0.2) is 0 Å². The van der Waals surface area contributed by atoms with Crippen molar-refractivity contribution < 1.29 is 14.3 Å². The largest absolute Gasteiger partial charge is 0.460 e. The van der Waals surface area contributed by atoms with Crippen molar-refractivity contribution in [3.05, 3.63) is 0 Å². The summed E-state index contributed by atoms with van der Waals surface area (Å²) >= 11 is 0. The number of hydrogen-bond donors (Lipinski definition) is 1. The van der Waals surface area contributed by atoms with Crippen LogP contribution in [0.2, 0.25) is 0 Å². The highest BCUT2D eigenvalue weighted by Crippen LogP contribution is 2.08. The number of ketones is 1. The topological polar surface area (TPSA) is 69.4 Å². The molecule has 0 aromatic carbocycles. The van der Waals surface area contributed by atoms with E-state index in [0.29, 0.717) is 0 Å². The van der Waals surface area contributed by atoms with Crippen LogP contribution in [0, 0.1) is 0 Å². The van der Waals surface area contributed by atoms with Gasteiger partial charge in [0, 0.05) is 0 Å². The number of hydrogen-bond acceptors (Lipinski definition) is 4. The molecule has 0 aliphatic carbocycles. The summed E-state index contributed by atoms with van der Waals surface area (Å²) in [6.07, 6.45) is -0.0490. The molecule has 0 saturated carbocycles. The van der Waals surface area contributed by atoms with E-state index in [4.69, 9.17) is 10.5 Å². The van der Waals surface area contributed by atoms with Gasteiger partial charge < -0.3 is 10.5 Å². The third-order valence-electron chi connectivity index (χ3n) is 1.33. The second-order valence-electron chi connectivity index (χ2n) is 4.01. The maximum atomic E-state index is 11.1. The van der Waals surface area contributed by atoms with Gasteiger partial charge in [0.2, 0.25) is 0 Å². The number of carbonyl (C=O) groups excluding carboxylic acids is 2. The molecule has 0 fully saturated rings. The molecule has 0 spiro atoms. The molecular formula is C9H17NO3. The van der Waals surface area contributed by atoms with E-state index >= 15 is 0 Å². The summed E-state index contributed by atoms with van der Waals surface area (Å²) in [5.74, 6) is -0.638. The highest BCUT2D eigenvalue weighted by atomic mass is 16.6. The smallest absolute Gasteiger partial charge is 0.308 e. The van der Waals surface area contributed by atoms with E-state index < -0.39 is 17.6 Å². The van der Waals surface area contributed by atoms with Gasteiger partial charge in [0.25, 0.3) is 0 Å². The second-order valence-corrected chi connectivity index (χ2v) is 4.01. The van der Waals surface area contributed by atoms with Gasteiger partial charge in [-0.2, -0.15) is 0 Å². The summed E-state index contributed by atoms with van der Waals surface area (Å²) in [5, 5.41) is 0. The molecule has 2 N–H and O–H groups in total. The van der Waals surface area contributed by atoms with Crippen LogP contribution in [0.1, 0.15) is 34.1 Å². The summed E-state index contributed by atoms with van der Waals surface area (Å²) in [6.45, 7) is 6.66. The predicted octanol–water partition coefficient (Wildman–Crippen LogP) is 0.634. The lowest BCUT2D eigenvalue weighted by Gasteiger charge is -2.20. The van der Waals surface area contributed by atoms with Gasteiger partial charge in [-0.3, -0.25) is 9.59 Å². The van der Waals surface area contributed by atoms with Crippen LogP contribution in [0.25, 0.3) is 0 Å². The van der Waals surface area contributed by atoms with Crippen molar-refractivity contribution in [1.82, 2.24) is 0 Å². The summed E-state index contributed by atoms with van der Waals surface area (Å²) < 4.78 is 4.99. The van der Waals surface area contributed by atoms with E-state index in [9.17, 15) is 9.59 Å². The third-order valence-corrected chi connectivity index (χ3v) is 1.33. The average Bonchev–Trinajstić information content (AvgIpc) is 1.81. The predicted molar refractivity (Wildman–Crippen MR) is 49.1 cm³/mol. The summed E-state index contributed by atoms with van der Waals surface area (Å²) in [5.41, 5.74) is 4.87. The molecule has 0 amide bonds. The molecule has 0 unspecified atom stereocenters. The lowest BCUT2D eigenvalue weighted by molar-refractivity contribution is -0.156. The summed E-state index contributed by atoms with van der Waals surface area (Å²) in [6, 6.07) is -0.741. The Morgan fingerprint density at radius 1 is 1.38 bits per heavy atom. The molecule has 0 aromatic rings. The first-order valence-electron chi connectivity index (χ1n) is 4.20. The highest BCUT2D eigenvalue weighted by molar-refractivity contribution is 5.86. The Bertz CT molecular complexity index is 205. The normalized spacial score (nSPS) is 13.6. The van der Waals surface area contributed by atoms with Gasteiger partial charge in [-0.15, -0.1) is 0 Å². The minimum absolute atomic E-state index is 0.0490. The van der Waals surface area contributed by atoms with E-state index in [1.165, 1.54) is 6.92 Å². The maximum absolute atomic E-state index is 11.1. The quantitative estimate of drug-likeness (QED) is 0.658. The van der Waals surface area contributed by atoms with Crippen LogP contribution in [0.3, 0.4) is 0 Å². The number of nitrogens with two attached hydrogens (primary N) is 1. The fourth-order valence-corrected chi connectivity index (χ4v) is 0.706. The van der Waals surface area contributed by atoms with Crippen molar-refractivity contribution >= 4 is 11.8 Å². The standard InChI is InChI=1S/C9H17NO3/c1-6(11)7(10)5-8(12)13-9(2,3)4/h7H,5,10H2,1-4H3/t7-/m1/s1. The van der Waals surface area contributed by atoms with Crippen molar-refractivity contribution in [2.45, 2.75) is 45.8 Å². The fraction of sp³-hybridized carbons (Fsp3) is 0.778. The van der Waals surface area contributed by atoms with E-state index in [1.54, 1.807) is 20.8 Å². The summed E-state index contributed by atoms with van der Waals surface area (Å²) in [4.78, 5) is 21.8. The van der Waals surface area contributed by atoms with Gasteiger partial charge in [-0.05, 0) is 27.7 Å². The zero-order chi connectivity index (χ0) is 10.6. The zero-order valence-electron chi connectivity index (χ0n) is 8.59. The molecule has 4 heteroatoms. The molecular weight excluding hydrogens is 170 g/mol. The average molecular weight is 187 g/mol. The third kappa shape index (κ3) is 6.28. The molecule has 0 rings (SSSR count). The van der Waals surface area contributed by atoms with Crippen molar-refractivity contribution in [2.75, 3.05) is 0 Å². The summed E-state index contributed by atoms with van der Waals surface area (Å²) in [7, 11) is 0. The zero-order valence-corrected chi connectivity index (χ0v) is 8.59. The number of ether oxygens (including phenoxy) is 1. The SMILES string of the molecule is CC(=O)[C@H](N)CC(=O)OC(C)(C)C. The van der Waals surface area contributed by atoms with Gasteiger partial charge in [-0.25, -0.2) is 0 Å². The fourth-order valence-electron chi connectivity index (χ4n) is 0.706. The minimum atomic E-state index is -0.741. The van der Waals surface area contributed by atoms with Crippen LogP contribution >= 0.6 is 0 Å². The molecule has 0 aliphatic rings. The Morgan fingerprint density at radius 3 is 2.15 bits per heavy atom. The molecule has 1 atom stereocenters. The molecule has 0 aliphatic heterocycles. The van der Waals surface area contributed by atoms with Crippen LogP contribution < -0.4 is 5.73 Å². The number of esters is 1. The van der Waals surface area contributed by atoms with Gasteiger partial charge >= 0.3 is 5.97 Å². The van der Waals surface area contributed by atoms with Crippen LogP contribution in [0.5, 0.6) is 0 Å².